The third kappa shape index (κ3) is 3.58. The smallest absolute Gasteiger partial charge is 0.357 e. The lowest BCUT2D eigenvalue weighted by molar-refractivity contribution is 0.0686. The summed E-state index contributed by atoms with van der Waals surface area (Å²) in [5.74, 6) is -1.36. The predicted molar refractivity (Wildman–Crippen MR) is 80.2 cm³/mol. The molecule has 2 rings (SSSR count). The molecule has 118 valence electrons. The second-order valence-corrected chi connectivity index (χ2v) is 7.96. The van der Waals surface area contributed by atoms with Crippen LogP contribution in [0.3, 0.4) is 0 Å². The van der Waals surface area contributed by atoms with Crippen LogP contribution in [0.5, 0.6) is 0 Å². The van der Waals surface area contributed by atoms with Gasteiger partial charge in [0, 0.05) is 11.3 Å². The predicted octanol–water partition coefficient (Wildman–Crippen LogP) is 1.37. The van der Waals surface area contributed by atoms with Crippen LogP contribution < -0.4 is 4.72 Å². The average molecular weight is 333 g/mol. The molecule has 2 unspecified atom stereocenters. The third-order valence-electron chi connectivity index (χ3n) is 3.64. The molecule has 0 saturated heterocycles. The van der Waals surface area contributed by atoms with E-state index in [-0.39, 0.29) is 16.6 Å². The number of hydrogen-bond donors (Lipinski definition) is 3. The van der Waals surface area contributed by atoms with Gasteiger partial charge in [-0.05, 0) is 32.4 Å². The van der Waals surface area contributed by atoms with E-state index in [1.807, 2.05) is 6.26 Å². The third-order valence-corrected chi connectivity index (χ3v) is 6.42. The number of H-pyrrole nitrogens is 1. The Balaban J connectivity index is 2.23. The Bertz CT molecular complexity index is 626. The number of carboxylic acid groups (broad SMARTS) is 1. The minimum Gasteiger partial charge on any atom is -0.476 e. The second-order valence-electron chi connectivity index (χ2n) is 5.17. The quantitative estimate of drug-likeness (QED) is 0.750. The van der Waals surface area contributed by atoms with Crippen molar-refractivity contribution in [3.05, 3.63) is 11.4 Å². The van der Waals surface area contributed by atoms with Gasteiger partial charge < -0.3 is 5.11 Å². The SMILES string of the molecule is CSC1CCCC(NS(=O)(=O)c2c(C(=O)O)n[nH]c2C)C1. The first-order valence-electron chi connectivity index (χ1n) is 6.68. The summed E-state index contributed by atoms with van der Waals surface area (Å²) in [6.07, 6.45) is 5.61. The van der Waals surface area contributed by atoms with Crippen LogP contribution in [0.2, 0.25) is 0 Å². The maximum absolute atomic E-state index is 12.5. The molecule has 1 saturated carbocycles. The van der Waals surface area contributed by atoms with Gasteiger partial charge in [0.25, 0.3) is 0 Å². The first-order chi connectivity index (χ1) is 9.85. The summed E-state index contributed by atoms with van der Waals surface area (Å²) in [4.78, 5) is 10.8. The molecular weight excluding hydrogens is 314 g/mol. The number of aromatic carboxylic acids is 1. The van der Waals surface area contributed by atoms with Gasteiger partial charge in [0.15, 0.2) is 5.69 Å². The standard InChI is InChI=1S/C12H19N3O4S2/c1-7-11(10(12(16)17)14-13-7)21(18,19)15-8-4-3-5-9(6-8)20-2/h8-9,15H,3-6H2,1-2H3,(H,13,14)(H,16,17). The van der Waals surface area contributed by atoms with Gasteiger partial charge in [-0.25, -0.2) is 17.9 Å². The van der Waals surface area contributed by atoms with Crippen molar-refractivity contribution >= 4 is 27.8 Å². The van der Waals surface area contributed by atoms with E-state index in [4.69, 9.17) is 5.11 Å². The van der Waals surface area contributed by atoms with Crippen molar-refractivity contribution in [2.24, 2.45) is 0 Å². The molecule has 7 nitrogen and oxygen atoms in total. The molecule has 1 fully saturated rings. The van der Waals surface area contributed by atoms with Crippen LogP contribution in [0.1, 0.15) is 41.9 Å². The Morgan fingerprint density at radius 3 is 2.81 bits per heavy atom. The zero-order valence-electron chi connectivity index (χ0n) is 11.9. The van der Waals surface area contributed by atoms with Crippen molar-refractivity contribution in [1.82, 2.24) is 14.9 Å². The molecule has 21 heavy (non-hydrogen) atoms. The monoisotopic (exact) mass is 333 g/mol. The Labute approximate surface area is 127 Å². The van der Waals surface area contributed by atoms with Crippen molar-refractivity contribution in [1.29, 1.82) is 0 Å². The number of nitrogens with one attached hydrogen (secondary N) is 2. The van der Waals surface area contributed by atoms with Gasteiger partial charge in [0.05, 0.1) is 5.69 Å². The van der Waals surface area contributed by atoms with E-state index >= 15 is 0 Å². The van der Waals surface area contributed by atoms with Crippen molar-refractivity contribution in [3.8, 4) is 0 Å². The minimum absolute atomic E-state index is 0.155. The fourth-order valence-corrected chi connectivity index (χ4v) is 5.07. The zero-order chi connectivity index (χ0) is 15.6. The molecule has 1 aromatic rings. The molecular formula is C12H19N3O4S2. The number of carboxylic acids is 1. The molecule has 9 heteroatoms. The van der Waals surface area contributed by atoms with Crippen molar-refractivity contribution in [2.45, 2.75) is 48.8 Å². The Kier molecular flexibility index (Phi) is 4.95. The molecule has 1 aliphatic rings. The molecule has 1 aromatic heterocycles. The van der Waals surface area contributed by atoms with Gasteiger partial charge in [0.2, 0.25) is 10.0 Å². The van der Waals surface area contributed by atoms with Crippen molar-refractivity contribution < 1.29 is 18.3 Å². The highest BCUT2D eigenvalue weighted by atomic mass is 32.2. The summed E-state index contributed by atoms with van der Waals surface area (Å²) in [5.41, 5.74) is -0.227. The molecule has 0 spiro atoms. The van der Waals surface area contributed by atoms with Gasteiger partial charge in [0.1, 0.15) is 4.90 Å². The molecule has 1 aliphatic carbocycles. The first kappa shape index (κ1) is 16.3. The van der Waals surface area contributed by atoms with Crippen LogP contribution in [-0.2, 0) is 10.0 Å². The lowest BCUT2D eigenvalue weighted by Crippen LogP contribution is -2.39. The number of carbonyl (C=O) groups is 1. The van der Waals surface area contributed by atoms with Crippen molar-refractivity contribution in [3.63, 3.8) is 0 Å². The lowest BCUT2D eigenvalue weighted by Gasteiger charge is -2.28. The van der Waals surface area contributed by atoms with Gasteiger partial charge in [-0.3, -0.25) is 5.10 Å². The summed E-state index contributed by atoms with van der Waals surface area (Å²) < 4.78 is 27.6. The van der Waals surface area contributed by atoms with E-state index in [0.29, 0.717) is 5.25 Å². The maximum Gasteiger partial charge on any atom is 0.357 e. The number of thioether (sulfide) groups is 1. The highest BCUT2D eigenvalue weighted by molar-refractivity contribution is 7.99. The molecule has 3 N–H and O–H groups in total. The fraction of sp³-hybridized carbons (Fsp3) is 0.667. The molecule has 0 amide bonds. The van der Waals surface area contributed by atoms with E-state index in [2.05, 4.69) is 14.9 Å². The zero-order valence-corrected chi connectivity index (χ0v) is 13.6. The van der Waals surface area contributed by atoms with Gasteiger partial charge in [-0.1, -0.05) is 6.42 Å². The Hall–Kier alpha value is -1.06. The topological polar surface area (TPSA) is 112 Å². The Morgan fingerprint density at radius 2 is 2.19 bits per heavy atom. The van der Waals surface area contributed by atoms with Crippen molar-refractivity contribution in [2.75, 3.05) is 6.26 Å². The minimum atomic E-state index is -3.89. The highest BCUT2D eigenvalue weighted by Crippen LogP contribution is 2.28. The van der Waals surface area contributed by atoms with E-state index in [0.717, 1.165) is 25.7 Å². The van der Waals surface area contributed by atoms with Gasteiger partial charge in [-0.2, -0.15) is 16.9 Å². The van der Waals surface area contributed by atoms with Crippen LogP contribution >= 0.6 is 11.8 Å². The van der Waals surface area contributed by atoms with Crippen LogP contribution in [0.25, 0.3) is 0 Å². The number of nitrogens with zero attached hydrogens (tertiary/aromatic N) is 1. The van der Waals surface area contributed by atoms with Gasteiger partial charge >= 0.3 is 5.97 Å². The molecule has 0 bridgehead atoms. The van der Waals surface area contributed by atoms with E-state index < -0.39 is 21.7 Å². The molecule has 0 aliphatic heterocycles. The van der Waals surface area contributed by atoms with Crippen LogP contribution in [0.15, 0.2) is 4.90 Å². The number of sulfonamides is 1. The summed E-state index contributed by atoms with van der Waals surface area (Å²) in [5, 5.41) is 15.5. The highest BCUT2D eigenvalue weighted by Gasteiger charge is 2.32. The summed E-state index contributed by atoms with van der Waals surface area (Å²) >= 11 is 1.74. The molecule has 0 aromatic carbocycles. The number of hydrogen-bond acceptors (Lipinski definition) is 5. The number of aromatic nitrogens is 2. The number of rotatable bonds is 5. The summed E-state index contributed by atoms with van der Waals surface area (Å²) in [6.45, 7) is 1.50. The Morgan fingerprint density at radius 1 is 1.48 bits per heavy atom. The lowest BCUT2D eigenvalue weighted by atomic mass is 9.96. The summed E-state index contributed by atoms with van der Waals surface area (Å²) in [7, 11) is -3.89. The summed E-state index contributed by atoms with van der Waals surface area (Å²) in [6, 6.07) is -0.155. The van der Waals surface area contributed by atoms with E-state index in [1.54, 1.807) is 11.8 Å². The van der Waals surface area contributed by atoms with Crippen LogP contribution in [-0.4, -0.2) is 47.2 Å². The van der Waals surface area contributed by atoms with Crippen LogP contribution in [0.4, 0.5) is 0 Å². The van der Waals surface area contributed by atoms with E-state index in [9.17, 15) is 13.2 Å². The van der Waals surface area contributed by atoms with Crippen LogP contribution in [0, 0.1) is 6.92 Å². The fourth-order valence-electron chi connectivity index (χ4n) is 2.64. The average Bonchev–Trinajstić information content (AvgIpc) is 2.81. The second kappa shape index (κ2) is 6.37. The maximum atomic E-state index is 12.5. The molecule has 0 radical (unpaired) electrons. The number of aromatic amines is 1. The number of aryl methyl sites for hydroxylation is 1. The van der Waals surface area contributed by atoms with Gasteiger partial charge in [-0.15, -0.1) is 0 Å². The normalized spacial score (nSPS) is 23.1. The van der Waals surface area contributed by atoms with E-state index in [1.165, 1.54) is 6.92 Å². The molecule has 1 heterocycles. The molecule has 2 atom stereocenters. The first-order valence-corrected chi connectivity index (χ1v) is 9.45. The largest absolute Gasteiger partial charge is 0.476 e.